The zero-order chi connectivity index (χ0) is 23.1. The highest BCUT2D eigenvalue weighted by atomic mass is 32.1. The van der Waals surface area contributed by atoms with Gasteiger partial charge in [0.05, 0.1) is 12.8 Å². The minimum absolute atomic E-state index is 0.201. The number of hydrogen-bond acceptors (Lipinski definition) is 4. The Morgan fingerprint density at radius 3 is 2.64 bits per heavy atom. The van der Waals surface area contributed by atoms with Crippen LogP contribution in [0, 0.1) is 13.8 Å². The Bertz CT molecular complexity index is 1170. The predicted octanol–water partition coefficient (Wildman–Crippen LogP) is 6.00. The van der Waals surface area contributed by atoms with Crippen LogP contribution in [-0.4, -0.2) is 41.9 Å². The van der Waals surface area contributed by atoms with Crippen molar-refractivity contribution < 1.29 is 9.21 Å². The summed E-state index contributed by atoms with van der Waals surface area (Å²) in [7, 11) is 0. The molecule has 2 aliphatic rings. The molecular formula is C28H36N2O2S. The van der Waals surface area contributed by atoms with E-state index in [4.69, 9.17) is 4.42 Å². The molecule has 4 heterocycles. The molecule has 33 heavy (non-hydrogen) atoms. The Labute approximate surface area is 201 Å². The van der Waals surface area contributed by atoms with Gasteiger partial charge in [0.15, 0.2) is 0 Å². The maximum Gasteiger partial charge on any atom is 0.219 e. The number of piperidine rings is 1. The van der Waals surface area contributed by atoms with Gasteiger partial charge in [0.25, 0.3) is 0 Å². The van der Waals surface area contributed by atoms with Gasteiger partial charge in [-0.25, -0.2) is 0 Å². The van der Waals surface area contributed by atoms with E-state index in [1.807, 2.05) is 22.5 Å². The van der Waals surface area contributed by atoms with Crippen molar-refractivity contribution in [1.82, 2.24) is 9.80 Å². The van der Waals surface area contributed by atoms with Crippen LogP contribution in [0.4, 0.5) is 0 Å². The molecule has 0 bridgehead atoms. The average molecular weight is 465 g/mol. The zero-order valence-corrected chi connectivity index (χ0v) is 21.3. The van der Waals surface area contributed by atoms with E-state index in [9.17, 15) is 4.79 Å². The lowest BCUT2D eigenvalue weighted by Crippen LogP contribution is -2.34. The van der Waals surface area contributed by atoms with Crippen LogP contribution in [0.1, 0.15) is 70.2 Å². The summed E-state index contributed by atoms with van der Waals surface area (Å²) in [5, 5.41) is 1.31. The number of amides is 1. The number of carbonyl (C=O) groups is 1. The van der Waals surface area contributed by atoms with Crippen LogP contribution in [-0.2, 0) is 30.6 Å². The summed E-state index contributed by atoms with van der Waals surface area (Å²) in [5.74, 6) is 0.801. The van der Waals surface area contributed by atoms with Gasteiger partial charge in [0.1, 0.15) is 5.58 Å². The van der Waals surface area contributed by atoms with Gasteiger partial charge in [-0.2, -0.15) is 0 Å². The Balaban J connectivity index is 1.21. The summed E-state index contributed by atoms with van der Waals surface area (Å²) in [5.41, 5.74) is 8.21. The van der Waals surface area contributed by atoms with Crippen molar-refractivity contribution in [3.63, 3.8) is 0 Å². The van der Waals surface area contributed by atoms with Crippen LogP contribution in [0.15, 0.2) is 22.8 Å². The summed E-state index contributed by atoms with van der Waals surface area (Å²) in [6.07, 6.45) is 7.69. The molecule has 5 heteroatoms. The van der Waals surface area contributed by atoms with Gasteiger partial charge in [-0.1, -0.05) is 6.92 Å². The second-order valence-electron chi connectivity index (χ2n) is 9.94. The van der Waals surface area contributed by atoms with Gasteiger partial charge in [-0.05, 0) is 99.3 Å². The highest BCUT2D eigenvalue weighted by molar-refractivity contribution is 7.12. The normalized spacial score (nSPS) is 17.6. The third kappa shape index (κ3) is 4.38. The maximum atomic E-state index is 11.8. The van der Waals surface area contributed by atoms with Crippen LogP contribution < -0.4 is 0 Å². The Kier molecular flexibility index (Phi) is 6.37. The van der Waals surface area contributed by atoms with E-state index in [1.165, 1.54) is 39.8 Å². The average Bonchev–Trinajstić information content (AvgIpc) is 3.38. The lowest BCUT2D eigenvalue weighted by atomic mass is 9.88. The fraction of sp³-hybridized carbons (Fsp3) is 0.536. The van der Waals surface area contributed by atoms with Crippen LogP contribution in [0.2, 0.25) is 0 Å². The SMILES string of the molecule is CCc1c(CCN2CCC(c3coc4cc(C)c(C)cc34)CC2)sc2c1CCN(C(C)=O)C2. The minimum Gasteiger partial charge on any atom is -0.464 e. The summed E-state index contributed by atoms with van der Waals surface area (Å²) in [4.78, 5) is 19.5. The molecule has 0 radical (unpaired) electrons. The highest BCUT2D eigenvalue weighted by Gasteiger charge is 2.26. The van der Waals surface area contributed by atoms with E-state index in [1.54, 1.807) is 22.9 Å². The van der Waals surface area contributed by atoms with Crippen molar-refractivity contribution in [2.45, 2.75) is 72.3 Å². The molecule has 4 nitrogen and oxygen atoms in total. The number of nitrogens with zero attached hydrogens (tertiary/aromatic N) is 2. The second-order valence-corrected chi connectivity index (χ2v) is 11.1. The fourth-order valence-electron chi connectivity index (χ4n) is 5.75. The summed E-state index contributed by atoms with van der Waals surface area (Å²) >= 11 is 1.97. The van der Waals surface area contributed by atoms with Crippen molar-refractivity contribution >= 4 is 28.2 Å². The first-order valence-electron chi connectivity index (χ1n) is 12.5. The number of likely N-dealkylation sites (tertiary alicyclic amines) is 1. The van der Waals surface area contributed by atoms with Gasteiger partial charge in [0, 0.05) is 40.7 Å². The van der Waals surface area contributed by atoms with Crippen LogP contribution in [0.3, 0.4) is 0 Å². The summed E-state index contributed by atoms with van der Waals surface area (Å²) in [6.45, 7) is 13.5. The molecule has 1 amide bonds. The van der Waals surface area contributed by atoms with Gasteiger partial charge < -0.3 is 14.2 Å². The molecule has 5 rings (SSSR count). The molecule has 176 valence electrons. The molecular weight excluding hydrogens is 428 g/mol. The lowest BCUT2D eigenvalue weighted by molar-refractivity contribution is -0.129. The van der Waals surface area contributed by atoms with Crippen molar-refractivity contribution in [3.8, 4) is 0 Å². The van der Waals surface area contributed by atoms with Crippen LogP contribution in [0.25, 0.3) is 11.0 Å². The standard InChI is InChI=1S/C28H36N2O2S/c1-5-22-23-8-13-30(20(4)31)16-28(23)33-27(22)9-12-29-10-6-21(7-11-29)25-17-32-26-15-19(3)18(2)14-24(25)26/h14-15,17,21H,5-13,16H2,1-4H3. The smallest absolute Gasteiger partial charge is 0.219 e. The Morgan fingerprint density at radius 1 is 1.15 bits per heavy atom. The Morgan fingerprint density at radius 2 is 1.91 bits per heavy atom. The molecule has 1 aromatic carbocycles. The van der Waals surface area contributed by atoms with E-state index in [2.05, 4.69) is 37.8 Å². The number of thiophene rings is 1. The first-order chi connectivity index (χ1) is 15.9. The highest BCUT2D eigenvalue weighted by Crippen LogP contribution is 2.37. The molecule has 0 aliphatic carbocycles. The molecule has 2 aliphatic heterocycles. The van der Waals surface area contributed by atoms with E-state index in [0.29, 0.717) is 5.92 Å². The third-order valence-corrected chi connectivity index (χ3v) is 9.27. The van der Waals surface area contributed by atoms with Crippen LogP contribution >= 0.6 is 11.3 Å². The van der Waals surface area contributed by atoms with Crippen molar-refractivity contribution in [2.75, 3.05) is 26.2 Å². The number of fused-ring (bicyclic) bond motifs is 2. The maximum absolute atomic E-state index is 11.8. The molecule has 0 atom stereocenters. The van der Waals surface area contributed by atoms with E-state index in [0.717, 1.165) is 57.6 Å². The molecule has 0 N–H and O–H groups in total. The minimum atomic E-state index is 0.201. The molecule has 3 aromatic rings. The van der Waals surface area contributed by atoms with Crippen LogP contribution in [0.5, 0.6) is 0 Å². The molecule has 1 fully saturated rings. The fourth-order valence-corrected chi connectivity index (χ4v) is 7.20. The number of rotatable bonds is 5. The number of furan rings is 1. The van der Waals surface area contributed by atoms with E-state index < -0.39 is 0 Å². The predicted molar refractivity (Wildman–Crippen MR) is 136 cm³/mol. The number of benzene rings is 1. The summed E-state index contributed by atoms with van der Waals surface area (Å²) < 4.78 is 5.92. The molecule has 2 aromatic heterocycles. The number of aryl methyl sites for hydroxylation is 2. The number of carbonyl (C=O) groups excluding carboxylic acids is 1. The topological polar surface area (TPSA) is 36.7 Å². The largest absolute Gasteiger partial charge is 0.464 e. The van der Waals surface area contributed by atoms with Gasteiger partial charge in [-0.15, -0.1) is 11.3 Å². The quantitative estimate of drug-likeness (QED) is 0.465. The van der Waals surface area contributed by atoms with Gasteiger partial charge in [-0.3, -0.25) is 4.79 Å². The zero-order valence-electron chi connectivity index (χ0n) is 20.5. The number of hydrogen-bond donors (Lipinski definition) is 0. The monoisotopic (exact) mass is 464 g/mol. The first-order valence-corrected chi connectivity index (χ1v) is 13.3. The Hall–Kier alpha value is -2.11. The van der Waals surface area contributed by atoms with Crippen molar-refractivity contribution in [1.29, 1.82) is 0 Å². The molecule has 0 spiro atoms. The van der Waals surface area contributed by atoms with E-state index >= 15 is 0 Å². The van der Waals surface area contributed by atoms with Gasteiger partial charge >= 0.3 is 0 Å². The van der Waals surface area contributed by atoms with E-state index in [-0.39, 0.29) is 5.91 Å². The van der Waals surface area contributed by atoms with Gasteiger partial charge in [0.2, 0.25) is 5.91 Å². The lowest BCUT2D eigenvalue weighted by Gasteiger charge is -2.31. The van der Waals surface area contributed by atoms with Crippen molar-refractivity contribution in [3.05, 3.63) is 56.0 Å². The molecule has 0 unspecified atom stereocenters. The van der Waals surface area contributed by atoms with Crippen molar-refractivity contribution in [2.24, 2.45) is 0 Å². The molecule has 1 saturated heterocycles. The first kappa shape index (κ1) is 22.7. The molecule has 0 saturated carbocycles. The second kappa shape index (κ2) is 9.27. The summed E-state index contributed by atoms with van der Waals surface area (Å²) in [6, 6.07) is 4.50. The third-order valence-electron chi connectivity index (χ3n) is 7.95.